The minimum Gasteiger partial charge on any atom is -0.354 e. The number of fused-ring (bicyclic) bond motifs is 1. The largest absolute Gasteiger partial charge is 0.354 e. The van der Waals surface area contributed by atoms with Crippen molar-refractivity contribution in [1.29, 1.82) is 0 Å². The topological polar surface area (TPSA) is 78.5 Å². The molecule has 1 heterocycles. The molecule has 1 saturated heterocycles. The number of nitrogens with zero attached hydrogens (tertiary/aromatic N) is 1. The lowest BCUT2D eigenvalue weighted by Crippen LogP contribution is -2.43. The molecular weight excluding hydrogens is 366 g/mol. The number of imide groups is 1. The van der Waals surface area contributed by atoms with Gasteiger partial charge in [0.15, 0.2) is 0 Å². The number of carbonyl (C=O) groups is 3. The summed E-state index contributed by atoms with van der Waals surface area (Å²) in [6, 6.07) is 15.3. The molecule has 0 unspecified atom stereocenters. The summed E-state index contributed by atoms with van der Waals surface area (Å²) in [6.07, 6.45) is 3.86. The van der Waals surface area contributed by atoms with Gasteiger partial charge in [0.2, 0.25) is 5.91 Å². The fourth-order valence-corrected chi connectivity index (χ4v) is 4.11. The summed E-state index contributed by atoms with van der Waals surface area (Å²) in [5.41, 5.74) is 3.29. The number of rotatable bonds is 6. The number of benzene rings is 2. The maximum atomic E-state index is 13.0. The molecule has 2 aromatic rings. The Morgan fingerprint density at radius 1 is 1.10 bits per heavy atom. The molecule has 0 bridgehead atoms. The summed E-state index contributed by atoms with van der Waals surface area (Å²) in [6.45, 7) is 1.88. The lowest BCUT2D eigenvalue weighted by Gasteiger charge is -2.23. The van der Waals surface area contributed by atoms with E-state index in [9.17, 15) is 14.4 Å². The summed E-state index contributed by atoms with van der Waals surface area (Å²) in [4.78, 5) is 38.8. The van der Waals surface area contributed by atoms with Crippen molar-refractivity contribution in [3.8, 4) is 0 Å². The van der Waals surface area contributed by atoms with E-state index in [1.165, 1.54) is 11.1 Å². The van der Waals surface area contributed by atoms with Gasteiger partial charge in [-0.1, -0.05) is 48.5 Å². The van der Waals surface area contributed by atoms with E-state index < -0.39 is 17.5 Å². The Balaban J connectivity index is 1.39. The van der Waals surface area contributed by atoms with E-state index in [2.05, 4.69) is 10.6 Å². The van der Waals surface area contributed by atoms with Gasteiger partial charge in [0.05, 0.1) is 0 Å². The second kappa shape index (κ2) is 7.70. The van der Waals surface area contributed by atoms with Gasteiger partial charge in [-0.05, 0) is 54.9 Å². The molecular formula is C23H25N3O3. The first-order valence-electron chi connectivity index (χ1n) is 10.0. The SMILES string of the molecule is C[C@]1(c2ccc3c(c2)CCC3)NC(=O)N(CC(=O)NCCc2ccccc2)C1=O. The smallest absolute Gasteiger partial charge is 0.325 e. The number of carbonyl (C=O) groups excluding carboxylic acids is 3. The zero-order chi connectivity index (χ0) is 20.4. The first kappa shape index (κ1) is 19.2. The van der Waals surface area contributed by atoms with Crippen LogP contribution in [0.25, 0.3) is 0 Å². The van der Waals surface area contributed by atoms with E-state index in [0.717, 1.165) is 35.3 Å². The highest BCUT2D eigenvalue weighted by atomic mass is 16.2. The molecule has 4 amide bonds. The Labute approximate surface area is 170 Å². The van der Waals surface area contributed by atoms with Crippen molar-refractivity contribution in [2.75, 3.05) is 13.1 Å². The van der Waals surface area contributed by atoms with Gasteiger partial charge in [-0.3, -0.25) is 14.5 Å². The van der Waals surface area contributed by atoms with Crippen LogP contribution in [0.5, 0.6) is 0 Å². The summed E-state index contributed by atoms with van der Waals surface area (Å²) in [7, 11) is 0. The van der Waals surface area contributed by atoms with Crippen LogP contribution in [0.15, 0.2) is 48.5 Å². The Morgan fingerprint density at radius 2 is 1.86 bits per heavy atom. The maximum absolute atomic E-state index is 13.0. The van der Waals surface area contributed by atoms with Gasteiger partial charge in [0, 0.05) is 6.54 Å². The summed E-state index contributed by atoms with van der Waals surface area (Å²) in [5, 5.41) is 5.57. The zero-order valence-corrected chi connectivity index (χ0v) is 16.5. The summed E-state index contributed by atoms with van der Waals surface area (Å²) >= 11 is 0. The highest BCUT2D eigenvalue weighted by molar-refractivity contribution is 6.09. The van der Waals surface area contributed by atoms with Crippen LogP contribution >= 0.6 is 0 Å². The first-order chi connectivity index (χ1) is 14.0. The Hall–Kier alpha value is -3.15. The van der Waals surface area contributed by atoms with Crippen molar-refractivity contribution >= 4 is 17.8 Å². The first-order valence-corrected chi connectivity index (χ1v) is 10.0. The van der Waals surface area contributed by atoms with Crippen molar-refractivity contribution < 1.29 is 14.4 Å². The van der Waals surface area contributed by atoms with Gasteiger partial charge in [-0.2, -0.15) is 0 Å². The van der Waals surface area contributed by atoms with E-state index in [-0.39, 0.29) is 12.5 Å². The third-order valence-electron chi connectivity index (χ3n) is 5.83. The molecule has 1 fully saturated rings. The van der Waals surface area contributed by atoms with Crippen LogP contribution in [0.3, 0.4) is 0 Å². The average molecular weight is 391 g/mol. The van der Waals surface area contributed by atoms with E-state index in [1.54, 1.807) is 6.92 Å². The minimum absolute atomic E-state index is 0.278. The lowest BCUT2D eigenvalue weighted by atomic mass is 9.89. The molecule has 1 aliphatic heterocycles. The van der Waals surface area contributed by atoms with Crippen molar-refractivity contribution in [3.05, 3.63) is 70.8 Å². The van der Waals surface area contributed by atoms with Crippen LogP contribution in [0.2, 0.25) is 0 Å². The molecule has 2 aromatic carbocycles. The Morgan fingerprint density at radius 3 is 2.66 bits per heavy atom. The van der Waals surface area contributed by atoms with Gasteiger partial charge in [-0.15, -0.1) is 0 Å². The standard InChI is InChI=1S/C23H25N3O3/c1-23(19-11-10-17-8-5-9-18(17)14-19)21(28)26(22(29)25-23)15-20(27)24-13-12-16-6-3-2-4-7-16/h2-4,6-7,10-11,14H,5,8-9,12-13,15H2,1H3,(H,24,27)(H,25,29)/t23-/m1/s1. The Bertz CT molecular complexity index is 957. The van der Waals surface area contributed by atoms with Crippen molar-refractivity contribution in [1.82, 2.24) is 15.5 Å². The monoisotopic (exact) mass is 391 g/mol. The molecule has 29 heavy (non-hydrogen) atoms. The van der Waals surface area contributed by atoms with Crippen LogP contribution in [0.4, 0.5) is 4.79 Å². The van der Waals surface area contributed by atoms with E-state index in [4.69, 9.17) is 0 Å². The molecule has 0 spiro atoms. The molecule has 2 aliphatic rings. The molecule has 4 rings (SSSR count). The van der Waals surface area contributed by atoms with Crippen LogP contribution in [0, 0.1) is 0 Å². The molecule has 0 saturated carbocycles. The van der Waals surface area contributed by atoms with Gasteiger partial charge < -0.3 is 10.6 Å². The van der Waals surface area contributed by atoms with Crippen molar-refractivity contribution in [3.63, 3.8) is 0 Å². The molecule has 6 heteroatoms. The summed E-state index contributed by atoms with van der Waals surface area (Å²) in [5.74, 6) is -0.735. The molecule has 1 atom stereocenters. The van der Waals surface area contributed by atoms with Gasteiger partial charge in [0.1, 0.15) is 12.1 Å². The van der Waals surface area contributed by atoms with Crippen molar-refractivity contribution in [2.24, 2.45) is 0 Å². The number of amides is 4. The fraction of sp³-hybridized carbons (Fsp3) is 0.348. The van der Waals surface area contributed by atoms with Gasteiger partial charge >= 0.3 is 6.03 Å². The third-order valence-corrected chi connectivity index (χ3v) is 5.83. The van der Waals surface area contributed by atoms with Crippen LogP contribution in [-0.2, 0) is 34.4 Å². The number of aryl methyl sites for hydroxylation is 2. The van der Waals surface area contributed by atoms with Crippen LogP contribution in [0.1, 0.15) is 35.6 Å². The lowest BCUT2D eigenvalue weighted by molar-refractivity contribution is -0.134. The zero-order valence-electron chi connectivity index (χ0n) is 16.5. The highest BCUT2D eigenvalue weighted by Gasteiger charge is 2.49. The highest BCUT2D eigenvalue weighted by Crippen LogP contribution is 2.32. The molecule has 0 aromatic heterocycles. The predicted molar refractivity (Wildman–Crippen MR) is 109 cm³/mol. The molecule has 150 valence electrons. The maximum Gasteiger partial charge on any atom is 0.325 e. The quantitative estimate of drug-likeness (QED) is 0.742. The number of urea groups is 1. The molecule has 6 nitrogen and oxygen atoms in total. The normalized spacial score (nSPS) is 20.5. The number of hydrogen-bond donors (Lipinski definition) is 2. The third kappa shape index (κ3) is 3.75. The second-order valence-electron chi connectivity index (χ2n) is 7.87. The summed E-state index contributed by atoms with van der Waals surface area (Å²) < 4.78 is 0. The fourth-order valence-electron chi connectivity index (χ4n) is 4.11. The van der Waals surface area contributed by atoms with Crippen LogP contribution in [-0.4, -0.2) is 35.8 Å². The van der Waals surface area contributed by atoms with E-state index >= 15 is 0 Å². The van der Waals surface area contributed by atoms with Crippen LogP contribution < -0.4 is 10.6 Å². The number of hydrogen-bond acceptors (Lipinski definition) is 3. The van der Waals surface area contributed by atoms with Gasteiger partial charge in [0.25, 0.3) is 5.91 Å². The molecule has 1 aliphatic carbocycles. The minimum atomic E-state index is -1.14. The second-order valence-corrected chi connectivity index (χ2v) is 7.87. The molecule has 2 N–H and O–H groups in total. The Kier molecular flexibility index (Phi) is 5.09. The molecule has 0 radical (unpaired) electrons. The number of nitrogens with one attached hydrogen (secondary N) is 2. The van der Waals surface area contributed by atoms with Gasteiger partial charge in [-0.25, -0.2) is 4.79 Å². The van der Waals surface area contributed by atoms with E-state index in [1.807, 2.05) is 48.5 Å². The van der Waals surface area contributed by atoms with E-state index in [0.29, 0.717) is 13.0 Å². The predicted octanol–water partition coefficient (Wildman–Crippen LogP) is 2.30. The van der Waals surface area contributed by atoms with Crippen molar-refractivity contribution in [2.45, 2.75) is 38.1 Å². The average Bonchev–Trinajstić information content (AvgIpc) is 3.27.